The van der Waals surface area contributed by atoms with Crippen LogP contribution in [0.3, 0.4) is 0 Å². The highest BCUT2D eigenvalue weighted by molar-refractivity contribution is 7.09. The summed E-state index contributed by atoms with van der Waals surface area (Å²) in [6.45, 7) is 3.99. The average Bonchev–Trinajstić information content (AvgIpc) is 3.55. The van der Waals surface area contributed by atoms with Crippen LogP contribution in [0, 0.1) is 6.92 Å². The van der Waals surface area contributed by atoms with E-state index in [2.05, 4.69) is 20.8 Å². The van der Waals surface area contributed by atoms with Crippen molar-refractivity contribution in [3.63, 3.8) is 0 Å². The number of imide groups is 1. The van der Waals surface area contributed by atoms with E-state index in [1.807, 2.05) is 47.8 Å². The summed E-state index contributed by atoms with van der Waals surface area (Å²) in [7, 11) is 0. The Bertz CT molecular complexity index is 1420. The van der Waals surface area contributed by atoms with Crippen molar-refractivity contribution >= 4 is 40.2 Å². The van der Waals surface area contributed by atoms with Gasteiger partial charge in [-0.15, -0.1) is 11.3 Å². The number of urea groups is 1. The Kier molecular flexibility index (Phi) is 5.81. The Hall–Kier alpha value is -4.05. The van der Waals surface area contributed by atoms with Crippen LogP contribution < -0.4 is 10.7 Å². The lowest BCUT2D eigenvalue weighted by molar-refractivity contribution is -0.132. The molecule has 0 radical (unpaired) electrons. The number of nitrogens with one attached hydrogen (secondary N) is 2. The summed E-state index contributed by atoms with van der Waals surface area (Å²) in [6, 6.07) is 14.7. The summed E-state index contributed by atoms with van der Waals surface area (Å²) in [6.07, 6.45) is 2.60. The molecule has 9 nitrogen and oxygen atoms in total. The number of hydrazine groups is 1. The summed E-state index contributed by atoms with van der Waals surface area (Å²) in [5.74, 6) is -1.07. The molecule has 4 heterocycles. The fraction of sp³-hybridized carbons (Fsp3) is 0.240. The average molecular weight is 489 g/mol. The van der Waals surface area contributed by atoms with Crippen LogP contribution in [0.25, 0.3) is 11.0 Å². The van der Waals surface area contributed by atoms with Gasteiger partial charge in [0.25, 0.3) is 11.8 Å². The molecule has 0 spiro atoms. The van der Waals surface area contributed by atoms with Gasteiger partial charge >= 0.3 is 6.03 Å². The first-order valence-electron chi connectivity index (χ1n) is 11.2. The number of thiophene rings is 1. The number of hydrogen-bond donors (Lipinski definition) is 2. The molecule has 1 aromatic carbocycles. The number of rotatable bonds is 7. The van der Waals surface area contributed by atoms with E-state index in [4.69, 9.17) is 0 Å². The van der Waals surface area contributed by atoms with E-state index in [1.165, 1.54) is 0 Å². The molecule has 0 saturated carbocycles. The van der Waals surface area contributed by atoms with Gasteiger partial charge in [0.1, 0.15) is 5.54 Å². The number of nitrogens with zero attached hydrogens (tertiary/aromatic N) is 4. The van der Waals surface area contributed by atoms with E-state index in [-0.39, 0.29) is 0 Å². The van der Waals surface area contributed by atoms with Gasteiger partial charge in [-0.05, 0) is 49.8 Å². The van der Waals surface area contributed by atoms with Gasteiger partial charge in [0, 0.05) is 10.6 Å². The number of aryl methyl sites for hydroxylation is 2. The van der Waals surface area contributed by atoms with Crippen LogP contribution >= 0.6 is 11.3 Å². The van der Waals surface area contributed by atoms with Crippen LogP contribution in [-0.4, -0.2) is 43.2 Å². The van der Waals surface area contributed by atoms with Gasteiger partial charge in [-0.1, -0.05) is 36.4 Å². The van der Waals surface area contributed by atoms with Crippen molar-refractivity contribution in [2.24, 2.45) is 0 Å². The first-order valence-corrected chi connectivity index (χ1v) is 12.1. The van der Waals surface area contributed by atoms with Gasteiger partial charge in [0.05, 0.1) is 23.7 Å². The molecule has 4 amide bonds. The summed E-state index contributed by atoms with van der Waals surface area (Å²) in [5.41, 5.74) is 3.92. The summed E-state index contributed by atoms with van der Waals surface area (Å²) >= 11 is 1.61. The van der Waals surface area contributed by atoms with Gasteiger partial charge in [0.15, 0.2) is 5.65 Å². The molecule has 1 aliphatic rings. The molecule has 10 heteroatoms. The number of amides is 4. The summed E-state index contributed by atoms with van der Waals surface area (Å²) in [4.78, 5) is 44.7. The molecule has 1 fully saturated rings. The maximum absolute atomic E-state index is 13.2. The van der Waals surface area contributed by atoms with E-state index < -0.39 is 23.4 Å². The Balaban J connectivity index is 1.35. The van der Waals surface area contributed by atoms with Crippen LogP contribution in [0.15, 0.2) is 60.1 Å². The fourth-order valence-corrected chi connectivity index (χ4v) is 4.87. The molecule has 1 unspecified atom stereocenters. The first-order chi connectivity index (χ1) is 16.8. The zero-order valence-corrected chi connectivity index (χ0v) is 20.1. The minimum Gasteiger partial charge on any atom is -0.322 e. The number of aromatic nitrogens is 3. The number of carbonyl (C=O) groups excluding carboxylic acids is 3. The zero-order valence-electron chi connectivity index (χ0n) is 19.3. The van der Waals surface area contributed by atoms with E-state index in [0.717, 1.165) is 15.4 Å². The Morgan fingerprint density at radius 1 is 1.17 bits per heavy atom. The molecule has 178 valence electrons. The molecular weight excluding hydrogens is 464 g/mol. The van der Waals surface area contributed by atoms with Crippen LogP contribution in [0.4, 0.5) is 4.79 Å². The second-order valence-corrected chi connectivity index (χ2v) is 9.79. The van der Waals surface area contributed by atoms with Crippen molar-refractivity contribution in [1.82, 2.24) is 30.5 Å². The van der Waals surface area contributed by atoms with Gasteiger partial charge < -0.3 is 5.32 Å². The molecule has 2 N–H and O–H groups in total. The molecule has 35 heavy (non-hydrogen) atoms. The third-order valence-corrected chi connectivity index (χ3v) is 6.96. The molecule has 1 atom stereocenters. The SMILES string of the molecule is Cc1cc(C(=O)NN2C(=O)NC(C)(CCc3ccccc3)C2=O)c2cnn(Cc3cccs3)c2n1. The normalized spacial score (nSPS) is 17.7. The highest BCUT2D eigenvalue weighted by Gasteiger charge is 2.48. The van der Waals surface area contributed by atoms with E-state index in [9.17, 15) is 14.4 Å². The van der Waals surface area contributed by atoms with Gasteiger partial charge in [-0.2, -0.15) is 10.1 Å². The maximum atomic E-state index is 13.2. The largest absolute Gasteiger partial charge is 0.344 e. The maximum Gasteiger partial charge on any atom is 0.344 e. The van der Waals surface area contributed by atoms with Crippen LogP contribution in [-0.2, 0) is 17.8 Å². The van der Waals surface area contributed by atoms with Crippen molar-refractivity contribution < 1.29 is 14.4 Å². The van der Waals surface area contributed by atoms with Crippen molar-refractivity contribution in [2.75, 3.05) is 0 Å². The fourth-order valence-electron chi connectivity index (χ4n) is 4.18. The number of pyridine rings is 1. The monoisotopic (exact) mass is 488 g/mol. The topological polar surface area (TPSA) is 109 Å². The number of benzene rings is 1. The molecule has 1 saturated heterocycles. The van der Waals surface area contributed by atoms with Crippen LogP contribution in [0.2, 0.25) is 0 Å². The second kappa shape index (κ2) is 8.95. The lowest BCUT2D eigenvalue weighted by Crippen LogP contribution is -2.49. The van der Waals surface area contributed by atoms with Crippen LogP contribution in [0.1, 0.15) is 39.8 Å². The van der Waals surface area contributed by atoms with Gasteiger partial charge in [0.2, 0.25) is 0 Å². The van der Waals surface area contributed by atoms with E-state index in [1.54, 1.807) is 42.1 Å². The molecule has 3 aromatic heterocycles. The van der Waals surface area contributed by atoms with Crippen molar-refractivity contribution in [3.05, 3.63) is 81.8 Å². The highest BCUT2D eigenvalue weighted by atomic mass is 32.1. The molecule has 0 aliphatic carbocycles. The Morgan fingerprint density at radius 2 is 1.97 bits per heavy atom. The van der Waals surface area contributed by atoms with Gasteiger partial charge in [-0.25, -0.2) is 14.5 Å². The summed E-state index contributed by atoms with van der Waals surface area (Å²) < 4.78 is 1.74. The molecule has 4 aromatic rings. The van der Waals surface area contributed by atoms with Gasteiger partial charge in [-0.3, -0.25) is 15.0 Å². The minimum atomic E-state index is -1.12. The lowest BCUT2D eigenvalue weighted by atomic mass is 9.93. The van der Waals surface area contributed by atoms with E-state index in [0.29, 0.717) is 41.7 Å². The number of fused-ring (bicyclic) bond motifs is 1. The second-order valence-electron chi connectivity index (χ2n) is 8.76. The standard InChI is InChI=1S/C25H24N6O3S/c1-16-13-19(20-14-26-30(21(20)27-16)15-18-9-6-12-35-18)22(32)29-31-23(33)25(2,28-24(31)34)11-10-17-7-4-3-5-8-17/h3-9,12-14H,10-11,15H2,1-2H3,(H,28,34)(H,29,32). The third kappa shape index (κ3) is 4.40. The minimum absolute atomic E-state index is 0.295. The quantitative estimate of drug-likeness (QED) is 0.388. The van der Waals surface area contributed by atoms with E-state index >= 15 is 0 Å². The molecular formula is C25H24N6O3S. The highest BCUT2D eigenvalue weighted by Crippen LogP contribution is 2.24. The third-order valence-electron chi connectivity index (χ3n) is 6.10. The smallest absolute Gasteiger partial charge is 0.322 e. The Labute approximate surface area is 205 Å². The number of hydrogen-bond acceptors (Lipinski definition) is 6. The Morgan fingerprint density at radius 3 is 2.71 bits per heavy atom. The predicted molar refractivity (Wildman–Crippen MR) is 132 cm³/mol. The number of carbonyl (C=O) groups is 3. The first kappa shape index (κ1) is 22.7. The molecule has 0 bridgehead atoms. The zero-order chi connectivity index (χ0) is 24.6. The van der Waals surface area contributed by atoms with Crippen molar-refractivity contribution in [2.45, 2.75) is 38.8 Å². The predicted octanol–water partition coefficient (Wildman–Crippen LogP) is 3.44. The summed E-state index contributed by atoms with van der Waals surface area (Å²) in [5, 5.41) is 10.4. The van der Waals surface area contributed by atoms with Crippen molar-refractivity contribution in [1.29, 1.82) is 0 Å². The van der Waals surface area contributed by atoms with Crippen LogP contribution in [0.5, 0.6) is 0 Å². The lowest BCUT2D eigenvalue weighted by Gasteiger charge is -2.21. The van der Waals surface area contributed by atoms with Crippen molar-refractivity contribution in [3.8, 4) is 0 Å². The molecule has 1 aliphatic heterocycles. The molecule has 5 rings (SSSR count).